The summed E-state index contributed by atoms with van der Waals surface area (Å²) in [5.74, 6) is 1.39. The van der Waals surface area contributed by atoms with E-state index in [1.807, 2.05) is 0 Å². The molecule has 1 saturated heterocycles. The molecule has 2 aliphatic rings. The first kappa shape index (κ1) is 11.9. The summed E-state index contributed by atoms with van der Waals surface area (Å²) < 4.78 is 0. The van der Waals surface area contributed by atoms with Crippen LogP contribution in [0.1, 0.15) is 45.4 Å². The zero-order chi connectivity index (χ0) is 11.4. The Kier molecular flexibility index (Phi) is 4.22. The molecular formula is C13H24N2O. The second-order valence-electron chi connectivity index (χ2n) is 5.34. The van der Waals surface area contributed by atoms with E-state index in [4.69, 9.17) is 0 Å². The van der Waals surface area contributed by atoms with E-state index in [0.29, 0.717) is 6.04 Å². The molecule has 2 fully saturated rings. The molecule has 1 amide bonds. The third-order valence-corrected chi connectivity index (χ3v) is 3.82. The minimum atomic E-state index is 0.210. The lowest BCUT2D eigenvalue weighted by Crippen LogP contribution is -2.44. The van der Waals surface area contributed by atoms with Gasteiger partial charge in [0.25, 0.3) is 0 Å². The Hall–Kier alpha value is -0.570. The van der Waals surface area contributed by atoms with Crippen LogP contribution in [-0.4, -0.2) is 25.0 Å². The second kappa shape index (κ2) is 5.67. The van der Waals surface area contributed by atoms with Crippen LogP contribution in [0, 0.1) is 11.8 Å². The molecule has 0 aromatic heterocycles. The van der Waals surface area contributed by atoms with Crippen LogP contribution in [0.4, 0.5) is 0 Å². The molecule has 1 heterocycles. The van der Waals surface area contributed by atoms with Crippen molar-refractivity contribution in [3.8, 4) is 0 Å². The third kappa shape index (κ3) is 3.48. The van der Waals surface area contributed by atoms with Crippen molar-refractivity contribution in [1.29, 1.82) is 0 Å². The zero-order valence-corrected chi connectivity index (χ0v) is 10.3. The monoisotopic (exact) mass is 224 g/mol. The maximum atomic E-state index is 12.0. The highest BCUT2D eigenvalue weighted by atomic mass is 16.2. The first-order valence-corrected chi connectivity index (χ1v) is 6.80. The smallest absolute Gasteiger partial charge is 0.224 e. The molecule has 2 atom stereocenters. The fourth-order valence-electron chi connectivity index (χ4n) is 2.48. The van der Waals surface area contributed by atoms with Crippen LogP contribution in [-0.2, 0) is 4.79 Å². The summed E-state index contributed by atoms with van der Waals surface area (Å²) in [6, 6.07) is 0.418. The van der Waals surface area contributed by atoms with Gasteiger partial charge in [0.1, 0.15) is 0 Å². The zero-order valence-electron chi connectivity index (χ0n) is 10.3. The topological polar surface area (TPSA) is 41.1 Å². The summed E-state index contributed by atoms with van der Waals surface area (Å²) in [5, 5.41) is 6.53. The maximum absolute atomic E-state index is 12.0. The van der Waals surface area contributed by atoms with E-state index in [1.165, 1.54) is 19.3 Å². The van der Waals surface area contributed by atoms with Gasteiger partial charge in [-0.05, 0) is 38.1 Å². The molecular weight excluding hydrogens is 200 g/mol. The number of nitrogens with one attached hydrogen (secondary N) is 2. The Morgan fingerprint density at radius 1 is 1.44 bits per heavy atom. The highest BCUT2D eigenvalue weighted by molar-refractivity contribution is 5.79. The normalized spacial score (nSPS) is 27.4. The third-order valence-electron chi connectivity index (χ3n) is 3.82. The summed E-state index contributed by atoms with van der Waals surface area (Å²) in [6.45, 7) is 4.11. The molecule has 2 rings (SSSR count). The first-order chi connectivity index (χ1) is 7.79. The minimum Gasteiger partial charge on any atom is -0.353 e. The number of piperidine rings is 1. The molecule has 1 saturated carbocycles. The second-order valence-corrected chi connectivity index (χ2v) is 5.34. The molecule has 0 spiro atoms. The Morgan fingerprint density at radius 3 is 2.81 bits per heavy atom. The molecule has 1 aliphatic heterocycles. The number of carbonyl (C=O) groups is 1. The van der Waals surface area contributed by atoms with E-state index < -0.39 is 0 Å². The van der Waals surface area contributed by atoms with Gasteiger partial charge in [0.05, 0.1) is 5.92 Å². The largest absolute Gasteiger partial charge is 0.353 e. The van der Waals surface area contributed by atoms with Crippen molar-refractivity contribution in [2.45, 2.75) is 51.5 Å². The number of rotatable bonds is 5. The molecule has 0 bridgehead atoms. The predicted molar refractivity (Wildman–Crippen MR) is 65.2 cm³/mol. The Bertz CT molecular complexity index is 232. The SMILES string of the molecule is CCC(CC1CC1)NC(=O)C1CCCNC1. The lowest BCUT2D eigenvalue weighted by molar-refractivity contribution is -0.126. The van der Waals surface area contributed by atoms with Gasteiger partial charge < -0.3 is 10.6 Å². The molecule has 0 aromatic rings. The van der Waals surface area contributed by atoms with Crippen molar-refractivity contribution in [3.63, 3.8) is 0 Å². The predicted octanol–water partition coefficient (Wildman–Crippen LogP) is 1.68. The van der Waals surface area contributed by atoms with Gasteiger partial charge in [-0.15, -0.1) is 0 Å². The minimum absolute atomic E-state index is 0.210. The van der Waals surface area contributed by atoms with E-state index in [1.54, 1.807) is 0 Å². The standard InChI is InChI=1S/C13H24N2O/c1-2-12(8-10-5-6-10)15-13(16)11-4-3-7-14-9-11/h10-12,14H,2-9H2,1H3,(H,15,16). The van der Waals surface area contributed by atoms with E-state index in [0.717, 1.165) is 38.3 Å². The Morgan fingerprint density at radius 2 is 2.25 bits per heavy atom. The van der Waals surface area contributed by atoms with Crippen LogP contribution < -0.4 is 10.6 Å². The van der Waals surface area contributed by atoms with Crippen molar-refractivity contribution >= 4 is 5.91 Å². The maximum Gasteiger partial charge on any atom is 0.224 e. The molecule has 3 heteroatoms. The average Bonchev–Trinajstić information content (AvgIpc) is 3.13. The van der Waals surface area contributed by atoms with Crippen molar-refractivity contribution in [2.24, 2.45) is 11.8 Å². The quantitative estimate of drug-likeness (QED) is 0.746. The van der Waals surface area contributed by atoms with Crippen molar-refractivity contribution in [1.82, 2.24) is 10.6 Å². The molecule has 16 heavy (non-hydrogen) atoms. The first-order valence-electron chi connectivity index (χ1n) is 6.80. The summed E-state index contributed by atoms with van der Waals surface area (Å²) >= 11 is 0. The molecule has 0 radical (unpaired) electrons. The molecule has 2 N–H and O–H groups in total. The van der Waals surface area contributed by atoms with Gasteiger partial charge in [0.15, 0.2) is 0 Å². The van der Waals surface area contributed by atoms with Gasteiger partial charge in [-0.2, -0.15) is 0 Å². The van der Waals surface area contributed by atoms with Crippen LogP contribution in [0.5, 0.6) is 0 Å². The van der Waals surface area contributed by atoms with Crippen molar-refractivity contribution in [3.05, 3.63) is 0 Å². The molecule has 1 aliphatic carbocycles. The van der Waals surface area contributed by atoms with Gasteiger partial charge in [0.2, 0.25) is 5.91 Å². The highest BCUT2D eigenvalue weighted by Gasteiger charge is 2.27. The Labute approximate surface area is 98.4 Å². The van der Waals surface area contributed by atoms with Crippen LogP contribution in [0.3, 0.4) is 0 Å². The highest BCUT2D eigenvalue weighted by Crippen LogP contribution is 2.34. The fourth-order valence-corrected chi connectivity index (χ4v) is 2.48. The summed E-state index contributed by atoms with van der Waals surface area (Å²) in [6.07, 6.45) is 7.20. The van der Waals surface area contributed by atoms with Gasteiger partial charge in [-0.1, -0.05) is 19.8 Å². The van der Waals surface area contributed by atoms with Crippen LogP contribution in [0.25, 0.3) is 0 Å². The van der Waals surface area contributed by atoms with Gasteiger partial charge in [-0.3, -0.25) is 4.79 Å². The molecule has 3 nitrogen and oxygen atoms in total. The lowest BCUT2D eigenvalue weighted by atomic mass is 9.97. The van der Waals surface area contributed by atoms with Crippen molar-refractivity contribution in [2.75, 3.05) is 13.1 Å². The van der Waals surface area contributed by atoms with E-state index >= 15 is 0 Å². The summed E-state index contributed by atoms with van der Waals surface area (Å²) in [4.78, 5) is 12.0. The van der Waals surface area contributed by atoms with Crippen LogP contribution >= 0.6 is 0 Å². The van der Waals surface area contributed by atoms with Crippen molar-refractivity contribution < 1.29 is 4.79 Å². The van der Waals surface area contributed by atoms with Gasteiger partial charge >= 0.3 is 0 Å². The van der Waals surface area contributed by atoms with E-state index in [2.05, 4.69) is 17.6 Å². The van der Waals surface area contributed by atoms with E-state index in [-0.39, 0.29) is 11.8 Å². The Balaban J connectivity index is 1.74. The summed E-state index contributed by atoms with van der Waals surface area (Å²) in [7, 11) is 0. The number of hydrogen-bond donors (Lipinski definition) is 2. The number of amides is 1. The molecule has 92 valence electrons. The fraction of sp³-hybridized carbons (Fsp3) is 0.923. The van der Waals surface area contributed by atoms with Crippen LogP contribution in [0.2, 0.25) is 0 Å². The number of carbonyl (C=O) groups excluding carboxylic acids is 1. The number of hydrogen-bond acceptors (Lipinski definition) is 2. The molecule has 0 aromatic carbocycles. The average molecular weight is 224 g/mol. The van der Waals surface area contributed by atoms with Gasteiger partial charge in [0, 0.05) is 12.6 Å². The lowest BCUT2D eigenvalue weighted by Gasteiger charge is -2.25. The van der Waals surface area contributed by atoms with Gasteiger partial charge in [-0.25, -0.2) is 0 Å². The molecule has 2 unspecified atom stereocenters. The van der Waals surface area contributed by atoms with E-state index in [9.17, 15) is 4.79 Å². The van der Waals surface area contributed by atoms with Crippen LogP contribution in [0.15, 0.2) is 0 Å². The summed E-state index contributed by atoms with van der Waals surface area (Å²) in [5.41, 5.74) is 0.